The zero-order valence-corrected chi connectivity index (χ0v) is 17.0. The maximum absolute atomic E-state index is 12.6. The molecule has 0 aromatic carbocycles. The number of unbranched alkanes of at least 4 members (excludes halogenated alkanes) is 5. The van der Waals surface area contributed by atoms with E-state index in [2.05, 4.69) is 4.90 Å². The van der Waals surface area contributed by atoms with Crippen molar-refractivity contribution in [3.05, 3.63) is 0 Å². The largest absolute Gasteiger partial charge is 0.370 e. The van der Waals surface area contributed by atoms with Gasteiger partial charge in [-0.25, -0.2) is 0 Å². The normalized spacial score (nSPS) is 17.8. The number of rotatable bonds is 9. The summed E-state index contributed by atoms with van der Waals surface area (Å²) in [6, 6.07) is 0. The molecule has 0 bridgehead atoms. The molecule has 0 spiro atoms. The van der Waals surface area contributed by atoms with Crippen molar-refractivity contribution in [2.45, 2.75) is 116 Å². The van der Waals surface area contributed by atoms with Gasteiger partial charge >= 0.3 is 0 Å². The molecular weight excluding hydrogens is 324 g/mol. The summed E-state index contributed by atoms with van der Waals surface area (Å²) in [5.74, 6) is 0.172. The minimum atomic E-state index is -0.197. The van der Waals surface area contributed by atoms with Crippen molar-refractivity contribution < 1.29 is 9.59 Å². The second-order valence-electron chi connectivity index (χ2n) is 8.00. The lowest BCUT2D eigenvalue weighted by Crippen LogP contribution is -2.32. The molecule has 2 N–H and O–H groups in total. The van der Waals surface area contributed by atoms with Crippen LogP contribution in [0.2, 0.25) is 0 Å². The average Bonchev–Trinajstić information content (AvgIpc) is 2.64. The van der Waals surface area contributed by atoms with E-state index in [1.165, 1.54) is 64.2 Å². The Morgan fingerprint density at radius 3 is 1.42 bits per heavy atom. The third kappa shape index (κ3) is 13.2. The molecule has 1 heterocycles. The van der Waals surface area contributed by atoms with Crippen LogP contribution in [-0.2, 0) is 9.59 Å². The van der Waals surface area contributed by atoms with Gasteiger partial charge in [-0.1, -0.05) is 77.0 Å². The van der Waals surface area contributed by atoms with Crippen LogP contribution in [0.15, 0.2) is 0 Å². The van der Waals surface area contributed by atoms with Crippen LogP contribution >= 0.6 is 0 Å². The van der Waals surface area contributed by atoms with Gasteiger partial charge in [0.05, 0.1) is 0 Å². The first-order valence-corrected chi connectivity index (χ1v) is 11.3. The summed E-state index contributed by atoms with van der Waals surface area (Å²) in [6.07, 6.45) is 20.7. The Balaban J connectivity index is 2.14. The van der Waals surface area contributed by atoms with E-state index in [0.717, 1.165) is 51.6 Å². The first kappa shape index (κ1) is 23.0. The molecule has 1 fully saturated rings. The van der Waals surface area contributed by atoms with Gasteiger partial charge in [-0.05, 0) is 25.7 Å². The minimum Gasteiger partial charge on any atom is -0.370 e. The number of amides is 2. The van der Waals surface area contributed by atoms with E-state index in [4.69, 9.17) is 5.73 Å². The first-order chi connectivity index (χ1) is 12.7. The summed E-state index contributed by atoms with van der Waals surface area (Å²) in [5, 5.41) is 0. The predicted octanol–water partition coefficient (Wildman–Crippen LogP) is 5.34. The second kappa shape index (κ2) is 16.1. The van der Waals surface area contributed by atoms with Crippen LogP contribution in [0.4, 0.5) is 0 Å². The lowest BCUT2D eigenvalue weighted by Gasteiger charge is -2.23. The van der Waals surface area contributed by atoms with Gasteiger partial charge in [0, 0.05) is 25.9 Å². The molecule has 1 aliphatic heterocycles. The van der Waals surface area contributed by atoms with Crippen molar-refractivity contribution in [3.63, 3.8) is 0 Å². The number of primary amides is 1. The molecule has 0 atom stereocenters. The van der Waals surface area contributed by atoms with Gasteiger partial charge in [-0.2, -0.15) is 0 Å². The summed E-state index contributed by atoms with van der Waals surface area (Å²) in [6.45, 7) is 1.93. The quantitative estimate of drug-likeness (QED) is 0.560. The molecule has 0 aliphatic carbocycles. The Morgan fingerprint density at radius 2 is 0.962 bits per heavy atom. The number of nitrogens with two attached hydrogens (primary N) is 1. The number of carbonyl (C=O) groups is 2. The molecule has 152 valence electrons. The second-order valence-corrected chi connectivity index (χ2v) is 8.00. The molecule has 0 aromatic heterocycles. The third-order valence-corrected chi connectivity index (χ3v) is 5.52. The van der Waals surface area contributed by atoms with Crippen LogP contribution in [0.5, 0.6) is 0 Å². The van der Waals surface area contributed by atoms with Gasteiger partial charge in [0.1, 0.15) is 0 Å². The highest BCUT2D eigenvalue weighted by molar-refractivity contribution is 5.76. The average molecular weight is 367 g/mol. The molecule has 26 heavy (non-hydrogen) atoms. The van der Waals surface area contributed by atoms with Crippen molar-refractivity contribution in [1.82, 2.24) is 4.90 Å². The smallest absolute Gasteiger partial charge is 0.222 e. The summed E-state index contributed by atoms with van der Waals surface area (Å²) >= 11 is 0. The lowest BCUT2D eigenvalue weighted by molar-refractivity contribution is -0.131. The number of nitrogens with zero attached hydrogens (tertiary/aromatic N) is 1. The van der Waals surface area contributed by atoms with E-state index in [9.17, 15) is 9.59 Å². The van der Waals surface area contributed by atoms with Gasteiger partial charge < -0.3 is 10.6 Å². The van der Waals surface area contributed by atoms with Crippen molar-refractivity contribution in [2.24, 2.45) is 5.73 Å². The maximum Gasteiger partial charge on any atom is 0.222 e. The fraction of sp³-hybridized carbons (Fsp3) is 0.909. The summed E-state index contributed by atoms with van der Waals surface area (Å²) in [7, 11) is 0. The Hall–Kier alpha value is -1.06. The monoisotopic (exact) mass is 366 g/mol. The van der Waals surface area contributed by atoms with Crippen LogP contribution in [0.3, 0.4) is 0 Å². The van der Waals surface area contributed by atoms with Crippen LogP contribution < -0.4 is 5.73 Å². The Bertz CT molecular complexity index is 357. The molecule has 0 radical (unpaired) electrons. The zero-order chi connectivity index (χ0) is 18.9. The van der Waals surface area contributed by atoms with E-state index >= 15 is 0 Å². The van der Waals surface area contributed by atoms with Crippen LogP contribution in [0, 0.1) is 0 Å². The third-order valence-electron chi connectivity index (χ3n) is 5.52. The molecular formula is C22H42N2O2. The van der Waals surface area contributed by atoms with Crippen molar-refractivity contribution in [3.8, 4) is 0 Å². The van der Waals surface area contributed by atoms with Crippen molar-refractivity contribution >= 4 is 11.8 Å². The molecule has 4 heteroatoms. The standard InChI is InChI=1S/C22H42N2O2/c23-21(25)17-13-9-5-6-10-14-18-22(26)24-19-15-11-7-3-1-2-4-8-12-16-20-24/h1-20H2,(H2,23,25). The van der Waals surface area contributed by atoms with Crippen LogP contribution in [0.1, 0.15) is 116 Å². The fourth-order valence-corrected chi connectivity index (χ4v) is 3.82. The van der Waals surface area contributed by atoms with E-state index in [1.54, 1.807) is 0 Å². The van der Waals surface area contributed by atoms with Gasteiger partial charge in [0.15, 0.2) is 0 Å². The highest BCUT2D eigenvalue weighted by Crippen LogP contribution is 2.15. The first-order valence-electron chi connectivity index (χ1n) is 11.3. The maximum atomic E-state index is 12.6. The SMILES string of the molecule is NC(=O)CCCCCCCCC(=O)N1CCCCCCCCCCCC1. The molecule has 1 rings (SSSR count). The van der Waals surface area contributed by atoms with Crippen LogP contribution in [-0.4, -0.2) is 29.8 Å². The van der Waals surface area contributed by atoms with Gasteiger partial charge in [0.2, 0.25) is 11.8 Å². The summed E-state index contributed by atoms with van der Waals surface area (Å²) < 4.78 is 0. The van der Waals surface area contributed by atoms with Crippen molar-refractivity contribution in [2.75, 3.05) is 13.1 Å². The highest BCUT2D eigenvalue weighted by atomic mass is 16.2. The van der Waals surface area contributed by atoms with Crippen LogP contribution in [0.25, 0.3) is 0 Å². The topological polar surface area (TPSA) is 63.4 Å². The van der Waals surface area contributed by atoms with E-state index in [0.29, 0.717) is 18.7 Å². The molecule has 0 saturated carbocycles. The molecule has 0 unspecified atom stereocenters. The van der Waals surface area contributed by atoms with E-state index in [-0.39, 0.29) is 5.91 Å². The fourth-order valence-electron chi connectivity index (χ4n) is 3.82. The predicted molar refractivity (Wildman–Crippen MR) is 109 cm³/mol. The zero-order valence-electron chi connectivity index (χ0n) is 17.0. The Morgan fingerprint density at radius 1 is 0.577 bits per heavy atom. The lowest BCUT2D eigenvalue weighted by atomic mass is 10.1. The van der Waals surface area contributed by atoms with Gasteiger partial charge in [-0.15, -0.1) is 0 Å². The molecule has 2 amide bonds. The number of hydrogen-bond donors (Lipinski definition) is 1. The van der Waals surface area contributed by atoms with E-state index in [1.807, 2.05) is 0 Å². The number of hydrogen-bond acceptors (Lipinski definition) is 2. The minimum absolute atomic E-state index is 0.197. The summed E-state index contributed by atoms with van der Waals surface area (Å²) in [5.41, 5.74) is 5.14. The number of carbonyl (C=O) groups excluding carboxylic acids is 2. The van der Waals surface area contributed by atoms with Gasteiger partial charge in [-0.3, -0.25) is 9.59 Å². The Kier molecular flexibility index (Phi) is 14.3. The summed E-state index contributed by atoms with van der Waals surface area (Å²) in [4.78, 5) is 25.4. The molecule has 1 saturated heterocycles. The molecule has 1 aliphatic rings. The van der Waals surface area contributed by atoms with Crippen molar-refractivity contribution in [1.29, 1.82) is 0 Å². The van der Waals surface area contributed by atoms with E-state index < -0.39 is 0 Å². The van der Waals surface area contributed by atoms with Gasteiger partial charge in [0.25, 0.3) is 0 Å². The molecule has 4 nitrogen and oxygen atoms in total. The molecule has 0 aromatic rings. The highest BCUT2D eigenvalue weighted by Gasteiger charge is 2.12. The Labute approximate surface area is 161 Å².